The number of nitrogens with zero attached hydrogens (tertiary/aromatic N) is 3. The number of amidine groups is 1. The van der Waals surface area contributed by atoms with Crippen molar-refractivity contribution in [3.05, 3.63) is 59.2 Å². The molecule has 9 nitrogen and oxygen atoms in total. The largest absolute Gasteiger partial charge is 0.492 e. The zero-order valence-corrected chi connectivity index (χ0v) is 17.5. The van der Waals surface area contributed by atoms with E-state index in [9.17, 15) is 13.9 Å². The van der Waals surface area contributed by atoms with Crippen LogP contribution < -0.4 is 15.2 Å². The van der Waals surface area contributed by atoms with Gasteiger partial charge >= 0.3 is 0 Å². The van der Waals surface area contributed by atoms with Crippen molar-refractivity contribution in [1.29, 1.82) is 5.26 Å². The summed E-state index contributed by atoms with van der Waals surface area (Å²) in [5.74, 6) is 0.585. The fraction of sp³-hybridized carbons (Fsp3) is 0.286. The topological polar surface area (TPSA) is 144 Å². The van der Waals surface area contributed by atoms with Crippen LogP contribution in [0.5, 0.6) is 5.75 Å². The SMILES string of the molecule is N#Cc1ccc(C(=O)N2CCCC(COc3cccc4c3C(N)=NS(O)(O)N4)C2)cc1. The van der Waals surface area contributed by atoms with E-state index in [4.69, 9.17) is 15.7 Å². The maximum Gasteiger partial charge on any atom is 0.253 e. The number of ether oxygens (including phenoxy) is 1. The van der Waals surface area contributed by atoms with Gasteiger partial charge in [-0.1, -0.05) is 6.07 Å². The molecule has 0 radical (unpaired) electrons. The average molecular weight is 442 g/mol. The summed E-state index contributed by atoms with van der Waals surface area (Å²) in [6.07, 6.45) is 1.80. The van der Waals surface area contributed by atoms with Gasteiger partial charge in [-0.3, -0.25) is 18.6 Å². The fourth-order valence-electron chi connectivity index (χ4n) is 3.82. The van der Waals surface area contributed by atoms with Crippen molar-refractivity contribution < 1.29 is 18.6 Å². The Kier molecular flexibility index (Phi) is 5.73. The van der Waals surface area contributed by atoms with Gasteiger partial charge in [0.1, 0.15) is 5.75 Å². The lowest BCUT2D eigenvalue weighted by Crippen LogP contribution is -2.41. The Labute approximate surface area is 181 Å². The molecule has 10 heteroatoms. The van der Waals surface area contributed by atoms with E-state index >= 15 is 0 Å². The van der Waals surface area contributed by atoms with E-state index in [2.05, 4.69) is 15.2 Å². The van der Waals surface area contributed by atoms with Crippen LogP contribution in [0.3, 0.4) is 0 Å². The van der Waals surface area contributed by atoms with Crippen molar-refractivity contribution in [2.24, 2.45) is 16.0 Å². The molecule has 1 fully saturated rings. The Morgan fingerprint density at radius 3 is 2.84 bits per heavy atom. The van der Waals surface area contributed by atoms with Crippen molar-refractivity contribution in [3.8, 4) is 11.8 Å². The van der Waals surface area contributed by atoms with Crippen LogP contribution in [-0.2, 0) is 0 Å². The molecule has 0 saturated carbocycles. The molecule has 2 aromatic rings. The van der Waals surface area contributed by atoms with E-state index in [0.29, 0.717) is 47.8 Å². The van der Waals surface area contributed by atoms with Gasteiger partial charge in [0.05, 0.1) is 29.5 Å². The first kappa shape index (κ1) is 21.0. The number of hydrogen-bond donors (Lipinski definition) is 4. The van der Waals surface area contributed by atoms with E-state index in [1.54, 1.807) is 42.5 Å². The normalized spacial score (nSPS) is 20.5. The maximum atomic E-state index is 12.8. The van der Waals surface area contributed by atoms with Crippen LogP contribution in [-0.4, -0.2) is 45.4 Å². The molecule has 5 N–H and O–H groups in total. The smallest absolute Gasteiger partial charge is 0.253 e. The highest BCUT2D eigenvalue weighted by atomic mass is 32.3. The summed E-state index contributed by atoms with van der Waals surface area (Å²) in [7, 11) is -3.35. The fourth-order valence-corrected chi connectivity index (χ4v) is 4.69. The average Bonchev–Trinajstić information content (AvgIpc) is 2.76. The predicted octanol–water partition coefficient (Wildman–Crippen LogP) is 3.20. The Morgan fingerprint density at radius 1 is 1.32 bits per heavy atom. The molecular weight excluding hydrogens is 418 g/mol. The van der Waals surface area contributed by atoms with Crippen LogP contribution in [0.25, 0.3) is 0 Å². The molecule has 31 heavy (non-hydrogen) atoms. The number of carbonyl (C=O) groups excluding carboxylic acids is 1. The second-order valence-electron chi connectivity index (χ2n) is 7.54. The first-order valence-electron chi connectivity index (χ1n) is 9.83. The summed E-state index contributed by atoms with van der Waals surface area (Å²) in [4.78, 5) is 14.6. The lowest BCUT2D eigenvalue weighted by Gasteiger charge is -2.34. The number of nitriles is 1. The number of nitrogens with two attached hydrogens (primary N) is 1. The molecule has 0 aliphatic carbocycles. The van der Waals surface area contributed by atoms with Crippen molar-refractivity contribution in [3.63, 3.8) is 0 Å². The zero-order valence-electron chi connectivity index (χ0n) is 16.7. The van der Waals surface area contributed by atoms with E-state index in [1.807, 2.05) is 4.90 Å². The number of rotatable bonds is 4. The highest BCUT2D eigenvalue weighted by Gasteiger charge is 2.27. The number of carbonyl (C=O) groups is 1. The molecule has 4 rings (SSSR count). The van der Waals surface area contributed by atoms with E-state index in [1.165, 1.54) is 0 Å². The quantitative estimate of drug-likeness (QED) is 0.570. The summed E-state index contributed by atoms with van der Waals surface area (Å²) in [5, 5.41) is 8.92. The highest BCUT2D eigenvalue weighted by Crippen LogP contribution is 2.46. The van der Waals surface area contributed by atoms with Gasteiger partial charge in [0.15, 0.2) is 5.84 Å². The Hall–Kier alpha value is -3.26. The van der Waals surface area contributed by atoms with Gasteiger partial charge < -0.3 is 15.4 Å². The molecule has 0 aromatic heterocycles. The van der Waals surface area contributed by atoms with Crippen molar-refractivity contribution in [1.82, 2.24) is 4.90 Å². The molecule has 162 valence electrons. The van der Waals surface area contributed by atoms with Gasteiger partial charge in [0.2, 0.25) is 0 Å². The molecule has 1 unspecified atom stereocenters. The zero-order chi connectivity index (χ0) is 22.0. The minimum Gasteiger partial charge on any atom is -0.492 e. The highest BCUT2D eigenvalue weighted by molar-refractivity contribution is 8.24. The number of anilines is 1. The van der Waals surface area contributed by atoms with Crippen LogP contribution in [0.1, 0.15) is 34.3 Å². The number of likely N-dealkylation sites (tertiary alicyclic amines) is 1. The lowest BCUT2D eigenvalue weighted by molar-refractivity contribution is 0.0633. The number of fused-ring (bicyclic) bond motifs is 1. The second-order valence-corrected chi connectivity index (χ2v) is 8.96. The summed E-state index contributed by atoms with van der Waals surface area (Å²) < 4.78 is 31.9. The second kappa shape index (κ2) is 8.47. The summed E-state index contributed by atoms with van der Waals surface area (Å²) in [6, 6.07) is 13.9. The number of piperidine rings is 1. The summed E-state index contributed by atoms with van der Waals surface area (Å²) in [5.41, 5.74) is 7.96. The Bertz CT molecular complexity index is 1060. The van der Waals surface area contributed by atoms with Gasteiger partial charge in [-0.2, -0.15) is 5.26 Å². The molecule has 2 aromatic carbocycles. The number of amides is 1. The monoisotopic (exact) mass is 441 g/mol. The first-order valence-corrected chi connectivity index (χ1v) is 11.3. The van der Waals surface area contributed by atoms with Crippen molar-refractivity contribution >= 4 is 28.4 Å². The standard InChI is InChI=1S/C21H23N5O4S/c22-11-14-6-8-16(9-7-14)21(27)26-10-2-3-15(12-26)13-30-18-5-1-4-17-19(18)20(23)25-31(28,29)24-17/h1,4-9,15,24,28-29H,2-3,10,12-13H2,(H2,23,25). The van der Waals surface area contributed by atoms with Gasteiger partial charge in [-0.15, -0.1) is 4.40 Å². The number of benzene rings is 2. The molecule has 0 spiro atoms. The molecule has 2 heterocycles. The predicted molar refractivity (Wildman–Crippen MR) is 119 cm³/mol. The van der Waals surface area contributed by atoms with E-state index in [0.717, 1.165) is 12.8 Å². The van der Waals surface area contributed by atoms with E-state index < -0.39 is 11.0 Å². The first-order chi connectivity index (χ1) is 14.9. The molecule has 0 bridgehead atoms. The third-order valence-electron chi connectivity index (χ3n) is 5.30. The molecule has 2 aliphatic heterocycles. The minimum absolute atomic E-state index is 0.00520. The number of nitrogens with one attached hydrogen (secondary N) is 1. The van der Waals surface area contributed by atoms with Gasteiger partial charge in [-0.25, -0.2) is 0 Å². The molecule has 2 aliphatic rings. The van der Waals surface area contributed by atoms with Crippen LogP contribution in [0.2, 0.25) is 0 Å². The lowest BCUT2D eigenvalue weighted by atomic mass is 9.98. The summed E-state index contributed by atoms with van der Waals surface area (Å²) >= 11 is 0. The van der Waals surface area contributed by atoms with Crippen LogP contribution in [0.4, 0.5) is 5.69 Å². The molecule has 1 atom stereocenters. The Morgan fingerprint density at radius 2 is 2.10 bits per heavy atom. The minimum atomic E-state index is -3.35. The van der Waals surface area contributed by atoms with Gasteiger partial charge in [0, 0.05) is 24.6 Å². The van der Waals surface area contributed by atoms with E-state index in [-0.39, 0.29) is 17.7 Å². The Balaban J connectivity index is 1.42. The van der Waals surface area contributed by atoms with Crippen molar-refractivity contribution in [2.75, 3.05) is 24.4 Å². The van der Waals surface area contributed by atoms with Gasteiger partial charge in [-0.05, 0) is 60.2 Å². The van der Waals surface area contributed by atoms with Gasteiger partial charge in [0.25, 0.3) is 5.91 Å². The van der Waals surface area contributed by atoms with Crippen LogP contribution in [0.15, 0.2) is 46.9 Å². The molecular formula is C21H23N5O4S. The number of hydrogen-bond acceptors (Lipinski definition) is 8. The van der Waals surface area contributed by atoms with Crippen LogP contribution >= 0.6 is 11.0 Å². The third kappa shape index (κ3) is 4.59. The van der Waals surface area contributed by atoms with Crippen LogP contribution in [0, 0.1) is 17.2 Å². The molecule has 1 saturated heterocycles. The molecule has 1 amide bonds. The third-order valence-corrected chi connectivity index (χ3v) is 6.24. The maximum absolute atomic E-state index is 12.8. The van der Waals surface area contributed by atoms with Crippen molar-refractivity contribution in [2.45, 2.75) is 12.8 Å². The summed E-state index contributed by atoms with van der Waals surface area (Å²) in [6.45, 7) is 1.63.